The molecule has 0 N–H and O–H groups in total. The van der Waals surface area contributed by atoms with Crippen LogP contribution in [0.5, 0.6) is 5.75 Å². The van der Waals surface area contributed by atoms with Crippen LogP contribution in [0.15, 0.2) is 59.6 Å². The number of hydrogen-bond donors (Lipinski definition) is 0. The van der Waals surface area contributed by atoms with Crippen LogP contribution in [-0.2, 0) is 28.4 Å². The third-order valence-corrected chi connectivity index (χ3v) is 4.89. The molecule has 27 heavy (non-hydrogen) atoms. The van der Waals surface area contributed by atoms with Gasteiger partial charge in [0, 0.05) is 16.8 Å². The smallest absolute Gasteiger partial charge is 0.328 e. The number of aromatic nitrogens is 3. The maximum atomic E-state index is 12.0. The minimum Gasteiger partial charge on any atom is -0.497 e. The molecule has 0 saturated carbocycles. The number of carbonyl (C=O) groups excluding carboxylic acids is 1. The Kier molecular flexibility index (Phi) is 6.49. The van der Waals surface area contributed by atoms with Gasteiger partial charge in [0.15, 0.2) is 0 Å². The molecular formula is C20H21N3O3S. The maximum absolute atomic E-state index is 12.0. The number of ether oxygens (including phenoxy) is 2. The van der Waals surface area contributed by atoms with Gasteiger partial charge in [0.05, 0.1) is 12.8 Å². The summed E-state index contributed by atoms with van der Waals surface area (Å²) in [5.41, 5.74) is 2.96. The fourth-order valence-electron chi connectivity index (χ4n) is 2.34. The number of esters is 1. The van der Waals surface area contributed by atoms with Gasteiger partial charge in [-0.25, -0.2) is 4.68 Å². The van der Waals surface area contributed by atoms with Crippen molar-refractivity contribution in [1.29, 1.82) is 0 Å². The summed E-state index contributed by atoms with van der Waals surface area (Å²) in [4.78, 5) is 13.2. The molecular weight excluding hydrogens is 362 g/mol. The van der Waals surface area contributed by atoms with Crippen molar-refractivity contribution in [3.05, 3.63) is 71.5 Å². The van der Waals surface area contributed by atoms with Crippen LogP contribution < -0.4 is 4.74 Å². The molecule has 0 radical (unpaired) electrons. The third kappa shape index (κ3) is 5.86. The van der Waals surface area contributed by atoms with Gasteiger partial charge in [-0.05, 0) is 36.8 Å². The molecule has 0 bridgehead atoms. The highest BCUT2D eigenvalue weighted by atomic mass is 32.2. The number of nitrogens with zero attached hydrogens (tertiary/aromatic N) is 3. The van der Waals surface area contributed by atoms with E-state index in [-0.39, 0.29) is 19.1 Å². The van der Waals surface area contributed by atoms with E-state index in [1.807, 2.05) is 24.3 Å². The minimum atomic E-state index is -0.353. The Morgan fingerprint density at radius 2 is 1.85 bits per heavy atom. The van der Waals surface area contributed by atoms with Gasteiger partial charge < -0.3 is 9.47 Å². The van der Waals surface area contributed by atoms with Gasteiger partial charge in [-0.1, -0.05) is 35.0 Å². The molecule has 0 unspecified atom stereocenters. The second-order valence-corrected chi connectivity index (χ2v) is 7.07. The first kappa shape index (κ1) is 19.0. The number of benzene rings is 2. The summed E-state index contributed by atoms with van der Waals surface area (Å²) < 4.78 is 11.9. The molecule has 140 valence electrons. The van der Waals surface area contributed by atoms with Crippen molar-refractivity contribution in [1.82, 2.24) is 15.0 Å². The predicted molar refractivity (Wildman–Crippen MR) is 104 cm³/mol. The highest BCUT2D eigenvalue weighted by molar-refractivity contribution is 7.98. The Morgan fingerprint density at radius 3 is 2.56 bits per heavy atom. The van der Waals surface area contributed by atoms with Crippen molar-refractivity contribution in [2.45, 2.75) is 30.7 Å². The molecule has 0 aliphatic carbocycles. The van der Waals surface area contributed by atoms with E-state index in [1.54, 1.807) is 25.1 Å². The van der Waals surface area contributed by atoms with E-state index in [4.69, 9.17) is 9.47 Å². The Morgan fingerprint density at radius 1 is 1.11 bits per heavy atom. The van der Waals surface area contributed by atoms with Gasteiger partial charge in [-0.15, -0.1) is 16.9 Å². The van der Waals surface area contributed by atoms with E-state index in [9.17, 15) is 4.79 Å². The highest BCUT2D eigenvalue weighted by Crippen LogP contribution is 2.21. The number of thioether (sulfide) groups is 1. The van der Waals surface area contributed by atoms with Crippen molar-refractivity contribution < 1.29 is 14.3 Å². The van der Waals surface area contributed by atoms with Crippen molar-refractivity contribution >= 4 is 17.7 Å². The molecule has 0 aliphatic rings. The van der Waals surface area contributed by atoms with Crippen LogP contribution in [0.25, 0.3) is 0 Å². The van der Waals surface area contributed by atoms with Gasteiger partial charge in [0.2, 0.25) is 0 Å². The third-order valence-electron chi connectivity index (χ3n) is 3.84. The average Bonchev–Trinajstić information content (AvgIpc) is 3.13. The van der Waals surface area contributed by atoms with E-state index in [2.05, 4.69) is 41.5 Å². The molecule has 0 aliphatic heterocycles. The van der Waals surface area contributed by atoms with Crippen LogP contribution in [0.4, 0.5) is 0 Å². The molecule has 1 heterocycles. The lowest BCUT2D eigenvalue weighted by Gasteiger charge is -2.05. The van der Waals surface area contributed by atoms with Crippen molar-refractivity contribution in [2.24, 2.45) is 0 Å². The summed E-state index contributed by atoms with van der Waals surface area (Å²) in [6.45, 7) is 2.32. The Bertz CT molecular complexity index is 876. The van der Waals surface area contributed by atoms with Crippen LogP contribution in [-0.4, -0.2) is 28.1 Å². The minimum absolute atomic E-state index is 0.0400. The van der Waals surface area contributed by atoms with E-state index in [0.717, 1.165) is 17.0 Å². The predicted octanol–water partition coefficient (Wildman–Crippen LogP) is 3.63. The molecule has 0 atom stereocenters. The van der Waals surface area contributed by atoms with Gasteiger partial charge in [-0.2, -0.15) is 0 Å². The molecule has 6 nitrogen and oxygen atoms in total. The average molecular weight is 383 g/mol. The largest absolute Gasteiger partial charge is 0.497 e. The lowest BCUT2D eigenvalue weighted by molar-refractivity contribution is -0.145. The molecule has 0 amide bonds. The van der Waals surface area contributed by atoms with Crippen molar-refractivity contribution in [3.63, 3.8) is 0 Å². The van der Waals surface area contributed by atoms with Crippen LogP contribution in [0.2, 0.25) is 0 Å². The van der Waals surface area contributed by atoms with Crippen LogP contribution in [0, 0.1) is 6.92 Å². The molecule has 2 aromatic carbocycles. The van der Waals surface area contributed by atoms with Gasteiger partial charge in [0.1, 0.15) is 18.9 Å². The number of carbonyl (C=O) groups is 1. The number of methoxy groups -OCH3 is 1. The monoisotopic (exact) mass is 383 g/mol. The second-order valence-electron chi connectivity index (χ2n) is 6.02. The molecule has 0 saturated heterocycles. The summed E-state index contributed by atoms with van der Waals surface area (Å²) in [6, 6.07) is 15.7. The summed E-state index contributed by atoms with van der Waals surface area (Å²) in [5.74, 6) is 1.11. The lowest BCUT2D eigenvalue weighted by Crippen LogP contribution is -2.14. The number of hydrogen-bond acceptors (Lipinski definition) is 6. The van der Waals surface area contributed by atoms with Crippen LogP contribution >= 0.6 is 11.8 Å². The van der Waals surface area contributed by atoms with E-state index < -0.39 is 0 Å². The van der Waals surface area contributed by atoms with Crippen LogP contribution in [0.3, 0.4) is 0 Å². The van der Waals surface area contributed by atoms with E-state index in [0.29, 0.717) is 5.75 Å². The second kappa shape index (κ2) is 9.23. The van der Waals surface area contributed by atoms with Gasteiger partial charge >= 0.3 is 5.97 Å². The number of rotatable bonds is 8. The maximum Gasteiger partial charge on any atom is 0.328 e. The first-order chi connectivity index (χ1) is 13.1. The fourth-order valence-corrected chi connectivity index (χ4v) is 3.11. The standard InChI is InChI=1S/C20H21N3O3S/c1-15-3-9-19(10-4-15)27-14-17-11-23(22-21-17)12-20(24)26-13-16-5-7-18(25-2)8-6-16/h3-11H,12-14H2,1-2H3. The molecule has 7 heteroatoms. The summed E-state index contributed by atoms with van der Waals surface area (Å²) in [5, 5.41) is 8.11. The first-order valence-corrected chi connectivity index (χ1v) is 9.48. The highest BCUT2D eigenvalue weighted by Gasteiger charge is 2.08. The normalized spacial score (nSPS) is 10.6. The molecule has 3 rings (SSSR count). The van der Waals surface area contributed by atoms with Gasteiger partial charge in [-0.3, -0.25) is 4.79 Å². The summed E-state index contributed by atoms with van der Waals surface area (Å²) in [6.07, 6.45) is 1.77. The molecule has 3 aromatic rings. The Hall–Kier alpha value is -2.80. The SMILES string of the molecule is COc1ccc(COC(=O)Cn2cc(CSc3ccc(C)cc3)nn2)cc1. The van der Waals surface area contributed by atoms with Crippen LogP contribution in [0.1, 0.15) is 16.8 Å². The molecule has 1 aromatic heterocycles. The first-order valence-electron chi connectivity index (χ1n) is 8.49. The zero-order valence-electron chi connectivity index (χ0n) is 15.3. The van der Waals surface area contributed by atoms with E-state index >= 15 is 0 Å². The van der Waals surface area contributed by atoms with Crippen molar-refractivity contribution in [3.8, 4) is 5.75 Å². The number of aryl methyl sites for hydroxylation is 1. The topological polar surface area (TPSA) is 66.2 Å². The lowest BCUT2D eigenvalue weighted by atomic mass is 10.2. The van der Waals surface area contributed by atoms with Crippen molar-refractivity contribution in [2.75, 3.05) is 7.11 Å². The quantitative estimate of drug-likeness (QED) is 0.437. The molecule has 0 fully saturated rings. The Labute approximate surface area is 162 Å². The zero-order valence-corrected chi connectivity index (χ0v) is 16.1. The Balaban J connectivity index is 1.44. The zero-order chi connectivity index (χ0) is 19.1. The fraction of sp³-hybridized carbons (Fsp3) is 0.250. The summed E-state index contributed by atoms with van der Waals surface area (Å²) in [7, 11) is 1.61. The van der Waals surface area contributed by atoms with Gasteiger partial charge in [0.25, 0.3) is 0 Å². The van der Waals surface area contributed by atoms with E-state index in [1.165, 1.54) is 15.1 Å². The molecule has 0 spiro atoms. The summed E-state index contributed by atoms with van der Waals surface area (Å²) >= 11 is 1.68.